The second-order valence-electron chi connectivity index (χ2n) is 6.42. The van der Waals surface area contributed by atoms with E-state index < -0.39 is 5.91 Å². The van der Waals surface area contributed by atoms with E-state index in [2.05, 4.69) is 6.07 Å². The second-order valence-corrected chi connectivity index (χ2v) is 6.42. The van der Waals surface area contributed by atoms with Crippen molar-refractivity contribution in [3.8, 4) is 0 Å². The zero-order chi connectivity index (χ0) is 17.1. The highest BCUT2D eigenvalue weighted by Crippen LogP contribution is 2.23. The molecule has 2 amide bonds. The predicted molar refractivity (Wildman–Crippen MR) is 93.8 cm³/mol. The highest BCUT2D eigenvalue weighted by atomic mass is 16.2. The fourth-order valence-corrected chi connectivity index (χ4v) is 3.26. The van der Waals surface area contributed by atoms with Gasteiger partial charge in [-0.3, -0.25) is 9.59 Å². The van der Waals surface area contributed by atoms with Gasteiger partial charge in [0.2, 0.25) is 5.91 Å². The van der Waals surface area contributed by atoms with Crippen LogP contribution < -0.4 is 5.73 Å². The van der Waals surface area contributed by atoms with Gasteiger partial charge in [-0.2, -0.15) is 0 Å². The molecule has 3 rings (SSSR count). The molecular weight excluding hydrogens is 300 g/mol. The Morgan fingerprint density at radius 2 is 1.75 bits per heavy atom. The fourth-order valence-electron chi connectivity index (χ4n) is 3.26. The molecule has 0 atom stereocenters. The van der Waals surface area contributed by atoms with Gasteiger partial charge < -0.3 is 10.6 Å². The summed E-state index contributed by atoms with van der Waals surface area (Å²) in [6.07, 6.45) is 4.59. The molecule has 0 radical (unpaired) electrons. The van der Waals surface area contributed by atoms with Crippen LogP contribution in [0.4, 0.5) is 0 Å². The monoisotopic (exact) mass is 322 g/mol. The molecule has 1 aliphatic carbocycles. The number of primary amides is 1. The van der Waals surface area contributed by atoms with Crippen LogP contribution in [0.1, 0.15) is 50.2 Å². The predicted octanol–water partition coefficient (Wildman–Crippen LogP) is 2.94. The standard InChI is InChI=1S/C20H22N2O2/c1-22(13-14-5-4-8-17(11-14)19(21)23)20(24)18-10-9-15-6-2-3-7-16(15)12-18/h4-5,8-12H,2-3,6-7,13H2,1H3,(H2,21,23). The summed E-state index contributed by atoms with van der Waals surface area (Å²) >= 11 is 0. The zero-order valence-corrected chi connectivity index (χ0v) is 13.9. The van der Waals surface area contributed by atoms with Crippen molar-refractivity contribution in [1.29, 1.82) is 0 Å². The molecule has 0 saturated heterocycles. The molecule has 0 bridgehead atoms. The molecule has 1 aliphatic rings. The van der Waals surface area contributed by atoms with Gasteiger partial charge in [-0.15, -0.1) is 0 Å². The van der Waals surface area contributed by atoms with Crippen molar-refractivity contribution < 1.29 is 9.59 Å². The van der Waals surface area contributed by atoms with Gasteiger partial charge in [0.15, 0.2) is 0 Å². The van der Waals surface area contributed by atoms with Crippen LogP contribution in [0.3, 0.4) is 0 Å². The third-order valence-corrected chi connectivity index (χ3v) is 4.57. The summed E-state index contributed by atoms with van der Waals surface area (Å²) in [5.41, 5.74) is 10.1. The summed E-state index contributed by atoms with van der Waals surface area (Å²) < 4.78 is 0. The van der Waals surface area contributed by atoms with Crippen molar-refractivity contribution in [2.45, 2.75) is 32.2 Å². The van der Waals surface area contributed by atoms with Crippen LogP contribution in [0.25, 0.3) is 0 Å². The third kappa shape index (κ3) is 3.48. The van der Waals surface area contributed by atoms with E-state index in [4.69, 9.17) is 5.73 Å². The van der Waals surface area contributed by atoms with Gasteiger partial charge in [0, 0.05) is 24.7 Å². The summed E-state index contributed by atoms with van der Waals surface area (Å²) in [6.45, 7) is 0.442. The molecule has 0 unspecified atom stereocenters. The van der Waals surface area contributed by atoms with Crippen LogP contribution in [0, 0.1) is 0 Å². The van der Waals surface area contributed by atoms with E-state index in [1.807, 2.05) is 18.2 Å². The minimum Gasteiger partial charge on any atom is -0.366 e. The average Bonchev–Trinajstić information content (AvgIpc) is 2.60. The Kier molecular flexibility index (Phi) is 4.65. The minimum absolute atomic E-state index is 0.00662. The first kappa shape index (κ1) is 16.2. The lowest BCUT2D eigenvalue weighted by Gasteiger charge is -2.20. The van der Waals surface area contributed by atoms with E-state index in [0.29, 0.717) is 12.1 Å². The number of rotatable bonds is 4. The van der Waals surface area contributed by atoms with Crippen LogP contribution in [-0.2, 0) is 19.4 Å². The van der Waals surface area contributed by atoms with Gasteiger partial charge in [0.25, 0.3) is 5.91 Å². The Balaban J connectivity index is 1.75. The number of carbonyl (C=O) groups is 2. The number of nitrogens with two attached hydrogens (primary N) is 1. The van der Waals surface area contributed by atoms with Crippen molar-refractivity contribution in [2.24, 2.45) is 5.73 Å². The maximum atomic E-state index is 12.7. The van der Waals surface area contributed by atoms with Crippen molar-refractivity contribution in [3.63, 3.8) is 0 Å². The molecule has 2 aromatic rings. The lowest BCUT2D eigenvalue weighted by Crippen LogP contribution is -2.26. The maximum Gasteiger partial charge on any atom is 0.253 e. The number of fused-ring (bicyclic) bond motifs is 1. The number of nitrogens with zero attached hydrogens (tertiary/aromatic N) is 1. The highest BCUT2D eigenvalue weighted by molar-refractivity contribution is 5.94. The number of hydrogen-bond acceptors (Lipinski definition) is 2. The van der Waals surface area contributed by atoms with Crippen molar-refractivity contribution in [1.82, 2.24) is 4.90 Å². The fraction of sp³-hybridized carbons (Fsp3) is 0.300. The van der Waals surface area contributed by atoms with Crippen LogP contribution in [0.5, 0.6) is 0 Å². The third-order valence-electron chi connectivity index (χ3n) is 4.57. The minimum atomic E-state index is -0.458. The summed E-state index contributed by atoms with van der Waals surface area (Å²) in [5, 5.41) is 0. The Morgan fingerprint density at radius 1 is 1.00 bits per heavy atom. The molecule has 0 heterocycles. The van der Waals surface area contributed by atoms with E-state index in [-0.39, 0.29) is 5.91 Å². The molecule has 124 valence electrons. The largest absolute Gasteiger partial charge is 0.366 e. The van der Waals surface area contributed by atoms with E-state index in [1.54, 1.807) is 30.1 Å². The number of benzene rings is 2. The topological polar surface area (TPSA) is 63.4 Å². The molecule has 0 aromatic heterocycles. The van der Waals surface area contributed by atoms with E-state index >= 15 is 0 Å². The Labute approximate surface area is 142 Å². The highest BCUT2D eigenvalue weighted by Gasteiger charge is 2.16. The SMILES string of the molecule is CN(Cc1cccc(C(N)=O)c1)C(=O)c1ccc2c(c1)CCCC2. The molecule has 0 aliphatic heterocycles. The Bertz CT molecular complexity index is 783. The zero-order valence-electron chi connectivity index (χ0n) is 13.9. The first-order valence-corrected chi connectivity index (χ1v) is 8.30. The van der Waals surface area contributed by atoms with Crippen LogP contribution in [0.15, 0.2) is 42.5 Å². The molecule has 24 heavy (non-hydrogen) atoms. The lowest BCUT2D eigenvalue weighted by molar-refractivity contribution is 0.0785. The first-order chi connectivity index (χ1) is 11.5. The van der Waals surface area contributed by atoms with Crippen LogP contribution in [0.2, 0.25) is 0 Å². The smallest absolute Gasteiger partial charge is 0.253 e. The molecule has 0 saturated carbocycles. The number of aryl methyl sites for hydroxylation is 2. The summed E-state index contributed by atoms with van der Waals surface area (Å²) in [5.74, 6) is -0.464. The quantitative estimate of drug-likeness (QED) is 0.940. The molecule has 0 fully saturated rings. The molecule has 0 spiro atoms. The molecule has 2 N–H and O–H groups in total. The van der Waals surface area contributed by atoms with Gasteiger partial charge in [-0.25, -0.2) is 0 Å². The van der Waals surface area contributed by atoms with Crippen molar-refractivity contribution >= 4 is 11.8 Å². The number of carbonyl (C=O) groups excluding carboxylic acids is 2. The maximum absolute atomic E-state index is 12.7. The van der Waals surface area contributed by atoms with Crippen molar-refractivity contribution in [3.05, 3.63) is 70.3 Å². The average molecular weight is 322 g/mol. The van der Waals surface area contributed by atoms with E-state index in [0.717, 1.165) is 24.0 Å². The summed E-state index contributed by atoms with van der Waals surface area (Å²) in [6, 6.07) is 13.1. The Morgan fingerprint density at radius 3 is 2.50 bits per heavy atom. The Hall–Kier alpha value is -2.62. The molecular formula is C20H22N2O2. The van der Waals surface area contributed by atoms with Gasteiger partial charge >= 0.3 is 0 Å². The number of amides is 2. The normalized spacial score (nSPS) is 13.2. The second kappa shape index (κ2) is 6.87. The van der Waals surface area contributed by atoms with E-state index in [9.17, 15) is 9.59 Å². The number of hydrogen-bond donors (Lipinski definition) is 1. The van der Waals surface area contributed by atoms with Crippen LogP contribution in [-0.4, -0.2) is 23.8 Å². The van der Waals surface area contributed by atoms with Gasteiger partial charge in [-0.1, -0.05) is 18.2 Å². The molecule has 4 nitrogen and oxygen atoms in total. The van der Waals surface area contributed by atoms with Gasteiger partial charge in [0.05, 0.1) is 0 Å². The van der Waals surface area contributed by atoms with Crippen molar-refractivity contribution in [2.75, 3.05) is 7.05 Å². The summed E-state index contributed by atoms with van der Waals surface area (Å²) in [4.78, 5) is 25.6. The summed E-state index contributed by atoms with van der Waals surface area (Å²) in [7, 11) is 1.78. The van der Waals surface area contributed by atoms with E-state index in [1.165, 1.54) is 24.0 Å². The molecule has 4 heteroatoms. The molecule has 2 aromatic carbocycles. The van der Waals surface area contributed by atoms with Crippen LogP contribution >= 0.6 is 0 Å². The first-order valence-electron chi connectivity index (χ1n) is 8.30. The van der Waals surface area contributed by atoms with Gasteiger partial charge in [-0.05, 0) is 66.6 Å². The lowest BCUT2D eigenvalue weighted by atomic mass is 9.90. The van der Waals surface area contributed by atoms with Gasteiger partial charge in [0.1, 0.15) is 0 Å².